The van der Waals surface area contributed by atoms with Crippen molar-refractivity contribution in [2.75, 3.05) is 7.11 Å². The molecule has 4 atom stereocenters. The van der Waals surface area contributed by atoms with E-state index < -0.39 is 0 Å². The fourth-order valence-corrected chi connectivity index (χ4v) is 4.70. The number of carbonyl (C=O) groups is 1. The maximum atomic E-state index is 11.9. The van der Waals surface area contributed by atoms with Crippen molar-refractivity contribution in [2.45, 2.75) is 38.5 Å². The molecule has 0 aromatic heterocycles. The highest BCUT2D eigenvalue weighted by Crippen LogP contribution is 2.70. The fraction of sp³-hybridized carbons (Fsp3) is 0.917. The molecule has 3 fully saturated rings. The van der Waals surface area contributed by atoms with Gasteiger partial charge in [-0.25, -0.2) is 0 Å². The lowest BCUT2D eigenvalue weighted by Crippen LogP contribution is -2.56. The van der Waals surface area contributed by atoms with Gasteiger partial charge < -0.3 is 4.74 Å². The Morgan fingerprint density at radius 2 is 1.93 bits per heavy atom. The number of carbonyl (C=O) groups excluding carboxylic acids is 1. The summed E-state index contributed by atoms with van der Waals surface area (Å²) < 4.78 is 5.03. The van der Waals surface area contributed by atoms with Gasteiger partial charge in [0.25, 0.3) is 0 Å². The van der Waals surface area contributed by atoms with Crippen LogP contribution < -0.4 is 0 Å². The minimum Gasteiger partial charge on any atom is -0.469 e. The monoisotopic (exact) mass is 194 g/mol. The van der Waals surface area contributed by atoms with Crippen LogP contribution in [0.15, 0.2) is 0 Å². The smallest absolute Gasteiger partial charge is 0.312 e. The Bertz CT molecular complexity index is 261. The third-order valence-electron chi connectivity index (χ3n) is 5.08. The van der Waals surface area contributed by atoms with Gasteiger partial charge in [0.2, 0.25) is 0 Å². The number of fused-ring (bicyclic) bond motifs is 4. The predicted octanol–water partition coefficient (Wildman–Crippen LogP) is 2.38. The largest absolute Gasteiger partial charge is 0.469 e. The van der Waals surface area contributed by atoms with Gasteiger partial charge in [0.1, 0.15) is 0 Å². The third kappa shape index (κ3) is 0.768. The highest BCUT2D eigenvalue weighted by molar-refractivity contribution is 5.79. The molecule has 3 aliphatic carbocycles. The molecular formula is C12H18O2. The summed E-state index contributed by atoms with van der Waals surface area (Å²) in [5, 5.41) is 0. The normalized spacial score (nSPS) is 49.4. The van der Waals surface area contributed by atoms with Gasteiger partial charge in [-0.2, -0.15) is 0 Å². The van der Waals surface area contributed by atoms with Crippen LogP contribution in [0.25, 0.3) is 0 Å². The molecule has 78 valence electrons. The lowest BCUT2D eigenvalue weighted by atomic mass is 9.49. The quantitative estimate of drug-likeness (QED) is 0.599. The Hall–Kier alpha value is -0.530. The van der Waals surface area contributed by atoms with Crippen LogP contribution in [0.4, 0.5) is 0 Å². The van der Waals surface area contributed by atoms with Gasteiger partial charge in [-0.3, -0.25) is 4.79 Å². The summed E-state index contributed by atoms with van der Waals surface area (Å²) in [6, 6.07) is 0. The van der Waals surface area contributed by atoms with Crippen LogP contribution in [-0.2, 0) is 9.53 Å². The Balaban J connectivity index is 1.93. The minimum atomic E-state index is -0.0179. The zero-order chi connectivity index (χ0) is 9.76. The number of rotatable bonds is 1. The number of methoxy groups -OCH3 is 1. The van der Waals surface area contributed by atoms with Crippen LogP contribution in [0.1, 0.15) is 38.5 Å². The Kier molecular flexibility index (Phi) is 1.71. The lowest BCUT2D eigenvalue weighted by molar-refractivity contribution is -0.179. The van der Waals surface area contributed by atoms with Gasteiger partial charge in [0.15, 0.2) is 0 Å². The zero-order valence-corrected chi connectivity index (χ0v) is 8.79. The van der Waals surface area contributed by atoms with Crippen LogP contribution in [0.3, 0.4) is 0 Å². The molecule has 3 aliphatic rings. The minimum absolute atomic E-state index is 0.0179. The first-order valence-corrected chi connectivity index (χ1v) is 5.89. The van der Waals surface area contributed by atoms with Crippen LogP contribution >= 0.6 is 0 Å². The summed E-state index contributed by atoms with van der Waals surface area (Å²) in [5.41, 5.74) is -0.0179. The number of ether oxygens (including phenoxy) is 1. The van der Waals surface area contributed by atoms with Crippen LogP contribution in [0.2, 0.25) is 0 Å². The van der Waals surface area contributed by atoms with Crippen LogP contribution in [0, 0.1) is 23.2 Å². The molecule has 0 spiro atoms. The molecule has 0 bridgehead atoms. The van der Waals surface area contributed by atoms with Crippen molar-refractivity contribution >= 4 is 5.97 Å². The Morgan fingerprint density at radius 3 is 2.64 bits per heavy atom. The summed E-state index contributed by atoms with van der Waals surface area (Å²) in [5.74, 6) is 2.34. The van der Waals surface area contributed by atoms with E-state index in [1.807, 2.05) is 0 Å². The van der Waals surface area contributed by atoms with Crippen molar-refractivity contribution in [1.82, 2.24) is 0 Å². The van der Waals surface area contributed by atoms with Crippen molar-refractivity contribution in [3.63, 3.8) is 0 Å². The lowest BCUT2D eigenvalue weighted by Gasteiger charge is -2.54. The van der Waals surface area contributed by atoms with Gasteiger partial charge in [-0.15, -0.1) is 0 Å². The number of esters is 1. The van der Waals surface area contributed by atoms with E-state index in [-0.39, 0.29) is 11.4 Å². The van der Waals surface area contributed by atoms with E-state index in [1.54, 1.807) is 7.11 Å². The maximum absolute atomic E-state index is 11.9. The molecule has 0 radical (unpaired) electrons. The number of hydrogen-bond acceptors (Lipinski definition) is 2. The molecular weight excluding hydrogens is 176 g/mol. The molecule has 0 saturated heterocycles. The van der Waals surface area contributed by atoms with E-state index in [0.717, 1.165) is 12.3 Å². The first-order valence-electron chi connectivity index (χ1n) is 5.89. The molecule has 0 aromatic rings. The summed E-state index contributed by atoms with van der Waals surface area (Å²) in [6.07, 6.45) is 7.60. The Morgan fingerprint density at radius 1 is 1.21 bits per heavy atom. The highest BCUT2D eigenvalue weighted by Gasteiger charge is 2.68. The van der Waals surface area contributed by atoms with Crippen molar-refractivity contribution in [2.24, 2.45) is 23.2 Å². The molecule has 0 aliphatic heterocycles. The molecule has 0 amide bonds. The van der Waals surface area contributed by atoms with Crippen molar-refractivity contribution in [3.8, 4) is 0 Å². The molecule has 0 N–H and O–H groups in total. The third-order valence-corrected chi connectivity index (χ3v) is 5.08. The molecule has 3 saturated carbocycles. The van der Waals surface area contributed by atoms with Crippen LogP contribution in [0.5, 0.6) is 0 Å². The SMILES string of the molecule is COC(=O)[C@@]12CCC[C@@H]1[C@H]1CCC[C@H]12. The molecule has 14 heavy (non-hydrogen) atoms. The molecule has 3 rings (SSSR count). The molecule has 2 heteroatoms. The molecule has 0 heterocycles. The molecule has 0 unspecified atom stereocenters. The van der Waals surface area contributed by atoms with E-state index in [4.69, 9.17) is 4.74 Å². The van der Waals surface area contributed by atoms with Gasteiger partial charge >= 0.3 is 5.97 Å². The number of hydrogen-bond donors (Lipinski definition) is 0. The summed E-state index contributed by atoms with van der Waals surface area (Å²) in [7, 11) is 1.55. The van der Waals surface area contributed by atoms with E-state index >= 15 is 0 Å². The van der Waals surface area contributed by atoms with E-state index in [0.29, 0.717) is 11.8 Å². The van der Waals surface area contributed by atoms with E-state index in [9.17, 15) is 4.79 Å². The second-order valence-electron chi connectivity index (χ2n) is 5.23. The highest BCUT2D eigenvalue weighted by atomic mass is 16.5. The maximum Gasteiger partial charge on any atom is 0.312 e. The fourth-order valence-electron chi connectivity index (χ4n) is 4.70. The van der Waals surface area contributed by atoms with Gasteiger partial charge in [-0.1, -0.05) is 12.8 Å². The van der Waals surface area contributed by atoms with Gasteiger partial charge in [-0.05, 0) is 43.4 Å². The van der Waals surface area contributed by atoms with Gasteiger partial charge in [0, 0.05) is 0 Å². The average molecular weight is 194 g/mol. The van der Waals surface area contributed by atoms with E-state index in [1.165, 1.54) is 32.1 Å². The van der Waals surface area contributed by atoms with E-state index in [2.05, 4.69) is 0 Å². The summed E-state index contributed by atoms with van der Waals surface area (Å²) >= 11 is 0. The topological polar surface area (TPSA) is 26.3 Å². The first-order chi connectivity index (χ1) is 6.80. The van der Waals surface area contributed by atoms with Crippen molar-refractivity contribution in [1.29, 1.82) is 0 Å². The predicted molar refractivity (Wildman–Crippen MR) is 52.6 cm³/mol. The van der Waals surface area contributed by atoms with Crippen LogP contribution in [-0.4, -0.2) is 13.1 Å². The summed E-state index contributed by atoms with van der Waals surface area (Å²) in [4.78, 5) is 11.9. The Labute approximate surface area is 85.0 Å². The van der Waals surface area contributed by atoms with Gasteiger partial charge in [0.05, 0.1) is 12.5 Å². The second kappa shape index (κ2) is 2.74. The first kappa shape index (κ1) is 8.75. The second-order valence-corrected chi connectivity index (χ2v) is 5.23. The van der Waals surface area contributed by atoms with Crippen molar-refractivity contribution < 1.29 is 9.53 Å². The summed E-state index contributed by atoms with van der Waals surface area (Å²) in [6.45, 7) is 0. The average Bonchev–Trinajstić information content (AvgIpc) is 2.75. The molecule has 2 nitrogen and oxygen atoms in total. The van der Waals surface area contributed by atoms with Crippen molar-refractivity contribution in [3.05, 3.63) is 0 Å². The molecule has 0 aromatic carbocycles. The standard InChI is InChI=1S/C12H18O2/c1-14-11(13)12-7-3-6-10(12)8-4-2-5-9(8)12/h8-10H,2-7H2,1H3/t8-,9+,10+,12+/m0/s1. The zero-order valence-electron chi connectivity index (χ0n) is 8.79.